The normalized spacial score (nSPS) is 17.9. The maximum Gasteiger partial charge on any atom is 0.330 e. The Morgan fingerprint density at radius 1 is 1.43 bits per heavy atom. The first kappa shape index (κ1) is 17.1. The molecular weight excluding hydrogens is 298 g/mol. The minimum Gasteiger partial charge on any atom is -0.479 e. The van der Waals surface area contributed by atoms with Gasteiger partial charge in [-0.15, -0.1) is 0 Å². The molecule has 7 heteroatoms. The molecule has 1 aromatic rings. The maximum absolute atomic E-state index is 13.0. The number of aliphatic carboxylic acids is 1. The number of aromatic nitrogens is 1. The summed E-state index contributed by atoms with van der Waals surface area (Å²) < 4.78 is 5.75. The number of pyridine rings is 1. The summed E-state index contributed by atoms with van der Waals surface area (Å²) in [6.45, 7) is 7.21. The second-order valence-corrected chi connectivity index (χ2v) is 6.06. The predicted octanol–water partition coefficient (Wildman–Crippen LogP) is 2.06. The molecule has 126 valence electrons. The molecule has 0 aromatic carbocycles. The first-order valence-corrected chi connectivity index (χ1v) is 7.79. The second kappa shape index (κ2) is 6.06. The number of fused-ring (bicyclic) bond motifs is 1. The molecule has 7 nitrogen and oxygen atoms in total. The van der Waals surface area contributed by atoms with Crippen LogP contribution in [0.1, 0.15) is 40.5 Å². The van der Waals surface area contributed by atoms with E-state index in [1.165, 1.54) is 4.90 Å². The fourth-order valence-electron chi connectivity index (χ4n) is 2.92. The van der Waals surface area contributed by atoms with Crippen molar-refractivity contribution in [3.8, 4) is 5.75 Å². The number of amides is 1. The smallest absolute Gasteiger partial charge is 0.330 e. The van der Waals surface area contributed by atoms with Gasteiger partial charge in [0.05, 0.1) is 0 Å². The number of hydrogen-bond acceptors (Lipinski definition) is 5. The lowest BCUT2D eigenvalue weighted by atomic mass is 9.88. The highest BCUT2D eigenvalue weighted by atomic mass is 16.5. The molecule has 1 unspecified atom stereocenters. The summed E-state index contributed by atoms with van der Waals surface area (Å²) in [5.41, 5.74) is 4.36. The molecule has 1 amide bonds. The number of anilines is 2. The molecule has 23 heavy (non-hydrogen) atoms. The number of carboxylic acids is 1. The van der Waals surface area contributed by atoms with E-state index < -0.39 is 23.5 Å². The highest BCUT2D eigenvalue weighted by molar-refractivity contribution is 6.05. The lowest BCUT2D eigenvalue weighted by Gasteiger charge is -2.44. The predicted molar refractivity (Wildman–Crippen MR) is 86.3 cm³/mol. The number of nitrogens with two attached hydrogens (primary N) is 1. The van der Waals surface area contributed by atoms with Gasteiger partial charge < -0.3 is 15.6 Å². The van der Waals surface area contributed by atoms with Gasteiger partial charge in [-0.05, 0) is 30.9 Å². The van der Waals surface area contributed by atoms with E-state index in [1.807, 2.05) is 13.8 Å². The molecule has 1 aliphatic rings. The van der Waals surface area contributed by atoms with Crippen molar-refractivity contribution in [1.82, 2.24) is 4.98 Å². The van der Waals surface area contributed by atoms with Crippen LogP contribution in [0.4, 0.5) is 11.6 Å². The Bertz CT molecular complexity index is 626. The molecule has 0 saturated heterocycles. The van der Waals surface area contributed by atoms with Crippen molar-refractivity contribution in [2.75, 3.05) is 10.6 Å². The number of hydrogen-bond donors (Lipinski definition) is 2. The Morgan fingerprint density at radius 3 is 2.52 bits per heavy atom. The average molecular weight is 321 g/mol. The Morgan fingerprint density at radius 2 is 2.04 bits per heavy atom. The maximum atomic E-state index is 13.0. The zero-order chi connectivity index (χ0) is 17.4. The lowest BCUT2D eigenvalue weighted by Crippen LogP contribution is -2.62. The number of ether oxygens (including phenoxy) is 1. The fraction of sp³-hybridized carbons (Fsp3) is 0.562. The van der Waals surface area contributed by atoms with Crippen LogP contribution in [-0.2, 0) is 9.59 Å². The molecule has 2 heterocycles. The highest BCUT2D eigenvalue weighted by Gasteiger charge is 2.51. The van der Waals surface area contributed by atoms with Crippen molar-refractivity contribution in [3.63, 3.8) is 0 Å². The summed E-state index contributed by atoms with van der Waals surface area (Å²) >= 11 is 0. The Hall–Kier alpha value is -2.31. The van der Waals surface area contributed by atoms with Crippen LogP contribution in [0.5, 0.6) is 5.75 Å². The van der Waals surface area contributed by atoms with Crippen molar-refractivity contribution in [1.29, 1.82) is 0 Å². The van der Waals surface area contributed by atoms with E-state index in [-0.39, 0.29) is 30.4 Å². The van der Waals surface area contributed by atoms with Crippen molar-refractivity contribution >= 4 is 23.5 Å². The van der Waals surface area contributed by atoms with Crippen LogP contribution in [0.25, 0.3) is 0 Å². The molecule has 1 atom stereocenters. The van der Waals surface area contributed by atoms with E-state index in [2.05, 4.69) is 4.98 Å². The molecule has 1 aliphatic heterocycles. The standard InChI is InChI=1S/C16H23N3O4/c1-5-16(6-2,15(21)22)19-13-10(7-8-11(17)18-13)23-12(9(3)4)14(19)20/h7-9,12H,5-6H2,1-4H3,(H2,17,18)(H,21,22). The molecule has 0 spiro atoms. The number of carbonyl (C=O) groups excluding carboxylic acids is 1. The number of nitrogen functional groups attached to an aromatic ring is 1. The third kappa shape index (κ3) is 2.60. The van der Waals surface area contributed by atoms with Gasteiger partial charge in [0, 0.05) is 0 Å². The zero-order valence-corrected chi connectivity index (χ0v) is 13.9. The summed E-state index contributed by atoms with van der Waals surface area (Å²) in [6, 6.07) is 3.20. The summed E-state index contributed by atoms with van der Waals surface area (Å²) in [4.78, 5) is 30.4. The minimum atomic E-state index is -1.37. The average Bonchev–Trinajstić information content (AvgIpc) is 2.49. The first-order chi connectivity index (χ1) is 10.8. The summed E-state index contributed by atoms with van der Waals surface area (Å²) in [5, 5.41) is 9.82. The molecule has 0 aliphatic carbocycles. The van der Waals surface area contributed by atoms with E-state index in [0.29, 0.717) is 5.75 Å². The quantitative estimate of drug-likeness (QED) is 0.860. The van der Waals surface area contributed by atoms with Gasteiger partial charge in [-0.2, -0.15) is 0 Å². The van der Waals surface area contributed by atoms with Gasteiger partial charge in [-0.3, -0.25) is 9.69 Å². The monoisotopic (exact) mass is 321 g/mol. The molecule has 2 rings (SSSR count). The largest absolute Gasteiger partial charge is 0.479 e. The van der Waals surface area contributed by atoms with Crippen molar-refractivity contribution in [2.45, 2.75) is 52.2 Å². The van der Waals surface area contributed by atoms with E-state index >= 15 is 0 Å². The van der Waals surface area contributed by atoms with Crippen LogP contribution < -0.4 is 15.4 Å². The molecule has 0 saturated carbocycles. The molecule has 0 bridgehead atoms. The van der Waals surface area contributed by atoms with E-state index in [0.717, 1.165) is 0 Å². The van der Waals surface area contributed by atoms with E-state index in [4.69, 9.17) is 10.5 Å². The van der Waals surface area contributed by atoms with E-state index in [1.54, 1.807) is 26.0 Å². The topological polar surface area (TPSA) is 106 Å². The van der Waals surface area contributed by atoms with Gasteiger partial charge >= 0.3 is 5.97 Å². The third-order valence-corrected chi connectivity index (χ3v) is 4.39. The molecule has 0 fully saturated rings. The van der Waals surface area contributed by atoms with Gasteiger partial charge in [-0.1, -0.05) is 27.7 Å². The van der Waals surface area contributed by atoms with Gasteiger partial charge in [0.2, 0.25) is 0 Å². The summed E-state index contributed by atoms with van der Waals surface area (Å²) in [7, 11) is 0. The van der Waals surface area contributed by atoms with Crippen LogP contribution in [-0.4, -0.2) is 33.6 Å². The third-order valence-electron chi connectivity index (χ3n) is 4.39. The van der Waals surface area contributed by atoms with Gasteiger partial charge in [-0.25, -0.2) is 9.78 Å². The highest BCUT2D eigenvalue weighted by Crippen LogP contribution is 2.41. The fourth-order valence-corrected chi connectivity index (χ4v) is 2.92. The van der Waals surface area contributed by atoms with Gasteiger partial charge in [0.25, 0.3) is 5.91 Å². The second-order valence-electron chi connectivity index (χ2n) is 6.06. The van der Waals surface area contributed by atoms with Crippen molar-refractivity contribution < 1.29 is 19.4 Å². The lowest BCUT2D eigenvalue weighted by molar-refractivity contribution is -0.147. The Labute approximate surface area is 135 Å². The van der Waals surface area contributed by atoms with Crippen LogP contribution in [0.15, 0.2) is 12.1 Å². The molecule has 3 N–H and O–H groups in total. The number of nitrogens with zero attached hydrogens (tertiary/aromatic N) is 2. The van der Waals surface area contributed by atoms with Crippen molar-refractivity contribution in [3.05, 3.63) is 12.1 Å². The Balaban J connectivity index is 2.70. The molecule has 1 aromatic heterocycles. The Kier molecular flexibility index (Phi) is 4.49. The summed E-state index contributed by atoms with van der Waals surface area (Å²) in [6.07, 6.45) is -0.235. The van der Waals surface area contributed by atoms with Crippen LogP contribution >= 0.6 is 0 Å². The SMILES string of the molecule is CCC(CC)(C(=O)O)N1C(=O)C(C(C)C)Oc2ccc(N)nc21. The van der Waals surface area contributed by atoms with Crippen LogP contribution in [0, 0.1) is 5.92 Å². The van der Waals surface area contributed by atoms with Crippen LogP contribution in [0.2, 0.25) is 0 Å². The van der Waals surface area contributed by atoms with Gasteiger partial charge in [0.1, 0.15) is 11.4 Å². The zero-order valence-electron chi connectivity index (χ0n) is 13.9. The number of carboxylic acid groups (broad SMARTS) is 1. The molecular formula is C16H23N3O4. The minimum absolute atomic E-state index is 0.101. The van der Waals surface area contributed by atoms with Gasteiger partial charge in [0.15, 0.2) is 17.7 Å². The van der Waals surface area contributed by atoms with Crippen LogP contribution in [0.3, 0.4) is 0 Å². The number of carbonyl (C=O) groups is 2. The number of rotatable bonds is 5. The van der Waals surface area contributed by atoms with E-state index in [9.17, 15) is 14.7 Å². The first-order valence-electron chi connectivity index (χ1n) is 7.79. The van der Waals surface area contributed by atoms with Crippen molar-refractivity contribution in [2.24, 2.45) is 5.92 Å². The summed E-state index contributed by atoms with van der Waals surface area (Å²) in [5.74, 6) is -0.786. The molecule has 0 radical (unpaired) electrons.